The number of hydrogen-bond acceptors (Lipinski definition) is 3. The number of carboxylic acid groups (broad SMARTS) is 1. The molecule has 0 saturated heterocycles. The molecule has 11 heteroatoms. The van der Waals surface area contributed by atoms with Crippen molar-refractivity contribution in [1.82, 2.24) is 0 Å². The van der Waals surface area contributed by atoms with Gasteiger partial charge in [0.15, 0.2) is 6.10 Å². The zero-order chi connectivity index (χ0) is 27.1. The summed E-state index contributed by atoms with van der Waals surface area (Å²) >= 11 is 3.34. The van der Waals surface area contributed by atoms with Crippen LogP contribution in [0.3, 0.4) is 0 Å². The van der Waals surface area contributed by atoms with Crippen LogP contribution in [0, 0.1) is 11.8 Å². The second kappa shape index (κ2) is 12.3. The lowest BCUT2D eigenvalue weighted by Crippen LogP contribution is -2.26. The van der Waals surface area contributed by atoms with Crippen LogP contribution in [0.15, 0.2) is 52.5 Å². The molecule has 0 amide bonds. The minimum absolute atomic E-state index is 0.0194. The fraction of sp³-hybridized carbons (Fsp3) is 0.320. The summed E-state index contributed by atoms with van der Waals surface area (Å²) in [6.07, 6.45) is -9.21. The maximum absolute atomic E-state index is 13.0. The predicted octanol–water partition coefficient (Wildman–Crippen LogP) is 6.90. The Labute approximate surface area is 212 Å². The van der Waals surface area contributed by atoms with Crippen LogP contribution in [0.4, 0.5) is 26.3 Å². The van der Waals surface area contributed by atoms with Crippen molar-refractivity contribution < 1.29 is 45.7 Å². The molecule has 0 aliphatic carbocycles. The first-order valence-electron chi connectivity index (χ1n) is 10.4. The zero-order valence-corrected chi connectivity index (χ0v) is 20.6. The molecule has 194 valence electrons. The molecule has 1 atom stereocenters. The van der Waals surface area contributed by atoms with E-state index in [9.17, 15) is 36.2 Å². The van der Waals surface area contributed by atoms with E-state index in [0.29, 0.717) is 33.5 Å². The molecule has 2 aromatic carbocycles. The van der Waals surface area contributed by atoms with Crippen molar-refractivity contribution in [3.8, 4) is 17.6 Å². The Morgan fingerprint density at radius 2 is 1.69 bits per heavy atom. The number of benzene rings is 2. The van der Waals surface area contributed by atoms with Crippen LogP contribution in [-0.2, 0) is 28.3 Å². The third-order valence-corrected chi connectivity index (χ3v) is 5.30. The van der Waals surface area contributed by atoms with E-state index in [-0.39, 0.29) is 25.7 Å². The monoisotopic (exact) mass is 578 g/mol. The standard InChI is InChI=1S/C25H21BrF6O4/c1-3-35-22(23(33)34)13-17-6-7-21(20(26)12-17)36-9-8-15(2)4-5-16-10-18(24(27,28)29)14-19(11-16)25(30,31)32/h6-8,10-12,14,22H,3,9,13H2,1-2H3,(H,33,34)/b15-8-/t22-/m0/s1. The van der Waals surface area contributed by atoms with Crippen LogP contribution in [0.2, 0.25) is 0 Å². The summed E-state index contributed by atoms with van der Waals surface area (Å²) in [6, 6.07) is 6.16. The highest BCUT2D eigenvalue weighted by atomic mass is 79.9. The van der Waals surface area contributed by atoms with E-state index >= 15 is 0 Å². The van der Waals surface area contributed by atoms with Crippen molar-refractivity contribution in [1.29, 1.82) is 0 Å². The molecule has 1 N–H and O–H groups in total. The Kier molecular flexibility index (Phi) is 10.0. The van der Waals surface area contributed by atoms with E-state index in [0.717, 1.165) is 0 Å². The first kappa shape index (κ1) is 29.3. The van der Waals surface area contributed by atoms with E-state index in [4.69, 9.17) is 9.47 Å². The van der Waals surface area contributed by atoms with Crippen LogP contribution in [-0.4, -0.2) is 30.4 Å². The molecule has 0 aliphatic heterocycles. The van der Waals surface area contributed by atoms with Crippen LogP contribution < -0.4 is 4.74 Å². The van der Waals surface area contributed by atoms with Crippen LogP contribution in [0.5, 0.6) is 5.75 Å². The zero-order valence-electron chi connectivity index (χ0n) is 19.1. The fourth-order valence-corrected chi connectivity index (χ4v) is 3.47. The lowest BCUT2D eigenvalue weighted by Gasteiger charge is -2.13. The van der Waals surface area contributed by atoms with Crippen molar-refractivity contribution in [2.45, 2.75) is 38.7 Å². The van der Waals surface area contributed by atoms with Gasteiger partial charge < -0.3 is 14.6 Å². The third-order valence-electron chi connectivity index (χ3n) is 4.68. The summed E-state index contributed by atoms with van der Waals surface area (Å²) in [5.74, 6) is 4.22. The third kappa shape index (κ3) is 8.91. The van der Waals surface area contributed by atoms with Crippen LogP contribution in [0.1, 0.15) is 36.1 Å². The topological polar surface area (TPSA) is 55.8 Å². The van der Waals surface area contributed by atoms with Crippen molar-refractivity contribution in [2.75, 3.05) is 13.2 Å². The van der Waals surface area contributed by atoms with Gasteiger partial charge in [-0.15, -0.1) is 0 Å². The maximum Gasteiger partial charge on any atom is 0.416 e. The van der Waals surface area contributed by atoms with Gasteiger partial charge in [-0.3, -0.25) is 0 Å². The molecule has 4 nitrogen and oxygen atoms in total. The summed E-state index contributed by atoms with van der Waals surface area (Å²) in [4.78, 5) is 11.2. The van der Waals surface area contributed by atoms with Gasteiger partial charge in [0.1, 0.15) is 12.4 Å². The number of carboxylic acids is 1. The van der Waals surface area contributed by atoms with Crippen molar-refractivity contribution in [2.24, 2.45) is 0 Å². The van der Waals surface area contributed by atoms with Gasteiger partial charge in [0.2, 0.25) is 0 Å². The number of carbonyl (C=O) groups is 1. The SMILES string of the molecule is CCO[C@@H](Cc1ccc(OC/C=C(/C)C#Cc2cc(C(F)(F)F)cc(C(F)(F)F)c2)c(Br)c1)C(=O)O. The Morgan fingerprint density at radius 3 is 2.19 bits per heavy atom. The molecule has 0 fully saturated rings. The molecule has 2 aromatic rings. The molecule has 0 saturated carbocycles. The van der Waals surface area contributed by atoms with E-state index in [2.05, 4.69) is 27.8 Å². The molecule has 36 heavy (non-hydrogen) atoms. The number of halogens is 7. The highest BCUT2D eigenvalue weighted by molar-refractivity contribution is 9.10. The quantitative estimate of drug-likeness (QED) is 0.273. The molecular formula is C25H21BrF6O4. The highest BCUT2D eigenvalue weighted by Gasteiger charge is 2.36. The average molecular weight is 579 g/mol. The summed E-state index contributed by atoms with van der Waals surface area (Å²) in [7, 11) is 0. The molecule has 0 unspecified atom stereocenters. The highest BCUT2D eigenvalue weighted by Crippen LogP contribution is 2.36. The van der Waals surface area contributed by atoms with Gasteiger partial charge in [0.25, 0.3) is 0 Å². The number of ether oxygens (including phenoxy) is 2. The molecular weight excluding hydrogens is 558 g/mol. The molecule has 0 radical (unpaired) electrons. The first-order chi connectivity index (χ1) is 16.7. The van der Waals surface area contributed by atoms with Gasteiger partial charge in [0.05, 0.1) is 15.6 Å². The number of aliphatic carboxylic acids is 1. The predicted molar refractivity (Wildman–Crippen MR) is 123 cm³/mol. The Bertz CT molecular complexity index is 1140. The van der Waals surface area contributed by atoms with Gasteiger partial charge in [-0.1, -0.05) is 17.9 Å². The Balaban J connectivity index is 2.11. The van der Waals surface area contributed by atoms with Gasteiger partial charge >= 0.3 is 18.3 Å². The molecule has 0 aromatic heterocycles. The Morgan fingerprint density at radius 1 is 1.08 bits per heavy atom. The minimum Gasteiger partial charge on any atom is -0.488 e. The maximum atomic E-state index is 13.0. The van der Waals surface area contributed by atoms with Gasteiger partial charge in [-0.2, -0.15) is 26.3 Å². The number of hydrogen-bond donors (Lipinski definition) is 1. The van der Waals surface area contributed by atoms with E-state index in [1.54, 1.807) is 25.1 Å². The van der Waals surface area contributed by atoms with Crippen molar-refractivity contribution in [3.05, 3.63) is 74.8 Å². The molecule has 0 bridgehead atoms. The number of rotatable bonds is 8. The van der Waals surface area contributed by atoms with Crippen LogP contribution in [0.25, 0.3) is 0 Å². The van der Waals surface area contributed by atoms with Crippen LogP contribution >= 0.6 is 15.9 Å². The van der Waals surface area contributed by atoms with Gasteiger partial charge in [-0.05, 0) is 77.3 Å². The normalized spacial score (nSPS) is 13.1. The largest absolute Gasteiger partial charge is 0.488 e. The van der Waals surface area contributed by atoms with Gasteiger partial charge in [-0.25, -0.2) is 4.79 Å². The summed E-state index contributed by atoms with van der Waals surface area (Å²) in [5.41, 5.74) is -2.22. The summed E-state index contributed by atoms with van der Waals surface area (Å²) in [6.45, 7) is 3.51. The van der Waals surface area contributed by atoms with Crippen molar-refractivity contribution in [3.63, 3.8) is 0 Å². The Hall–Kier alpha value is -2.97. The van der Waals surface area contributed by atoms with E-state index in [1.807, 2.05) is 0 Å². The second-order valence-corrected chi connectivity index (χ2v) is 8.35. The molecule has 0 heterocycles. The summed E-state index contributed by atoms with van der Waals surface area (Å²) < 4.78 is 89.2. The van der Waals surface area contributed by atoms with Crippen molar-refractivity contribution >= 4 is 21.9 Å². The first-order valence-corrected chi connectivity index (χ1v) is 11.2. The lowest BCUT2D eigenvalue weighted by molar-refractivity contribution is -0.150. The van der Waals surface area contributed by atoms with Gasteiger partial charge in [0, 0.05) is 18.6 Å². The smallest absolute Gasteiger partial charge is 0.416 e. The second-order valence-electron chi connectivity index (χ2n) is 7.49. The average Bonchev–Trinajstić information content (AvgIpc) is 2.77. The molecule has 2 rings (SSSR count). The molecule has 0 aliphatic rings. The number of alkyl halides is 6. The molecule has 0 spiro atoms. The minimum atomic E-state index is -4.95. The van der Waals surface area contributed by atoms with E-state index in [1.165, 1.54) is 13.0 Å². The fourth-order valence-electron chi connectivity index (χ4n) is 2.93. The lowest BCUT2D eigenvalue weighted by atomic mass is 10.0. The summed E-state index contributed by atoms with van der Waals surface area (Å²) in [5, 5.41) is 9.19. The number of allylic oxidation sites excluding steroid dienone is 1. The van der Waals surface area contributed by atoms with E-state index < -0.39 is 41.1 Å².